The number of para-hydroxylation sites is 1. The molecule has 178 valence electrons. The second-order valence-corrected chi connectivity index (χ2v) is 10.4. The van der Waals surface area contributed by atoms with Crippen LogP contribution in [-0.2, 0) is 11.3 Å². The van der Waals surface area contributed by atoms with E-state index in [9.17, 15) is 9.59 Å². The first-order valence-corrected chi connectivity index (χ1v) is 12.7. The lowest BCUT2D eigenvalue weighted by molar-refractivity contribution is -0.127. The maximum Gasteiger partial charge on any atom is 0.275 e. The van der Waals surface area contributed by atoms with Crippen molar-refractivity contribution in [2.24, 2.45) is 0 Å². The van der Waals surface area contributed by atoms with E-state index in [2.05, 4.69) is 11.4 Å². The van der Waals surface area contributed by atoms with E-state index in [4.69, 9.17) is 0 Å². The lowest BCUT2D eigenvalue weighted by Gasteiger charge is -2.45. The molecular formula is C29H35N3O2. The molecule has 5 nitrogen and oxygen atoms in total. The number of aryl methyl sites for hydroxylation is 2. The van der Waals surface area contributed by atoms with E-state index in [1.54, 1.807) is 4.90 Å². The highest BCUT2D eigenvalue weighted by atomic mass is 16.2. The first-order valence-electron chi connectivity index (χ1n) is 12.7. The number of hydrogen-bond acceptors (Lipinski definition) is 2. The van der Waals surface area contributed by atoms with Crippen molar-refractivity contribution in [2.75, 3.05) is 4.90 Å². The normalized spacial score (nSPS) is 21.7. The molecule has 3 aromatic rings. The topological polar surface area (TPSA) is 54.3 Å². The van der Waals surface area contributed by atoms with E-state index >= 15 is 0 Å². The third-order valence-electron chi connectivity index (χ3n) is 7.73. The van der Waals surface area contributed by atoms with E-state index in [1.807, 2.05) is 67.8 Å². The summed E-state index contributed by atoms with van der Waals surface area (Å²) in [7, 11) is 0. The number of amides is 2. The van der Waals surface area contributed by atoms with Gasteiger partial charge in [0, 0.05) is 22.6 Å². The Morgan fingerprint density at radius 3 is 2.44 bits per heavy atom. The molecule has 2 heterocycles. The molecule has 1 unspecified atom stereocenters. The van der Waals surface area contributed by atoms with Crippen LogP contribution in [0, 0.1) is 13.8 Å². The van der Waals surface area contributed by atoms with Gasteiger partial charge in [0.15, 0.2) is 0 Å². The molecule has 5 heteroatoms. The van der Waals surface area contributed by atoms with Gasteiger partial charge in [-0.05, 0) is 62.9 Å². The average Bonchev–Trinajstić information content (AvgIpc) is 3.16. The molecule has 2 amide bonds. The summed E-state index contributed by atoms with van der Waals surface area (Å²) in [5, 5.41) is 4.40. The van der Waals surface area contributed by atoms with Crippen LogP contribution >= 0.6 is 0 Å². The summed E-state index contributed by atoms with van der Waals surface area (Å²) in [6.45, 7) is 6.40. The Bertz CT molecular complexity index is 1240. The molecule has 34 heavy (non-hydrogen) atoms. The van der Waals surface area contributed by atoms with E-state index in [0.29, 0.717) is 12.2 Å². The SMILES string of the molecule is Cc1ccc(C)c(N2C(=O)c3cc4ccccc4n3CC2(C)C(=O)NC2CCCCCCC2)c1. The number of rotatable bonds is 3. The molecule has 1 fully saturated rings. The van der Waals surface area contributed by atoms with Crippen molar-refractivity contribution in [3.63, 3.8) is 0 Å². The molecule has 1 N–H and O–H groups in total. The number of nitrogens with one attached hydrogen (secondary N) is 1. The number of carbonyl (C=O) groups is 2. The molecule has 0 spiro atoms. The molecule has 1 saturated carbocycles. The van der Waals surface area contributed by atoms with Gasteiger partial charge in [0.1, 0.15) is 11.2 Å². The number of carbonyl (C=O) groups excluding carboxylic acids is 2. The van der Waals surface area contributed by atoms with Gasteiger partial charge in [-0.1, -0.05) is 62.4 Å². The Morgan fingerprint density at radius 1 is 0.971 bits per heavy atom. The number of aromatic nitrogens is 1. The third-order valence-corrected chi connectivity index (χ3v) is 7.73. The van der Waals surface area contributed by atoms with E-state index < -0.39 is 5.54 Å². The van der Waals surface area contributed by atoms with Crippen LogP contribution in [0.25, 0.3) is 10.9 Å². The van der Waals surface area contributed by atoms with Gasteiger partial charge in [-0.3, -0.25) is 14.5 Å². The minimum atomic E-state index is -1.03. The second kappa shape index (κ2) is 8.94. The standard InChI is InChI=1S/C29H35N3O2/c1-20-15-16-21(2)25(17-20)32-27(33)26-18-22-11-9-10-14-24(22)31(26)19-29(32,3)28(34)30-23-12-7-5-4-6-8-13-23/h9-11,14-18,23H,4-8,12-13,19H2,1-3H3,(H,30,34). The van der Waals surface area contributed by atoms with Gasteiger partial charge >= 0.3 is 0 Å². The fourth-order valence-corrected chi connectivity index (χ4v) is 5.73. The second-order valence-electron chi connectivity index (χ2n) is 10.4. The van der Waals surface area contributed by atoms with Crippen LogP contribution in [0.3, 0.4) is 0 Å². The average molecular weight is 458 g/mol. The summed E-state index contributed by atoms with van der Waals surface area (Å²) in [6.07, 6.45) is 8.07. The Labute approximate surface area is 202 Å². The van der Waals surface area contributed by atoms with Crippen LogP contribution in [0.4, 0.5) is 5.69 Å². The lowest BCUT2D eigenvalue weighted by Crippen LogP contribution is -2.65. The van der Waals surface area contributed by atoms with Gasteiger partial charge in [-0.2, -0.15) is 0 Å². The van der Waals surface area contributed by atoms with Crippen molar-refractivity contribution in [1.29, 1.82) is 0 Å². The lowest BCUT2D eigenvalue weighted by atomic mass is 9.90. The Hall–Kier alpha value is -3.08. The molecule has 2 aliphatic rings. The molecule has 0 radical (unpaired) electrons. The molecule has 0 bridgehead atoms. The van der Waals surface area contributed by atoms with Crippen LogP contribution < -0.4 is 10.2 Å². The highest BCUT2D eigenvalue weighted by molar-refractivity contribution is 6.14. The van der Waals surface area contributed by atoms with Crippen molar-refractivity contribution >= 4 is 28.4 Å². The zero-order valence-electron chi connectivity index (χ0n) is 20.6. The number of nitrogens with zero attached hydrogens (tertiary/aromatic N) is 2. The Balaban J connectivity index is 1.60. The van der Waals surface area contributed by atoms with Gasteiger partial charge in [0.2, 0.25) is 5.91 Å². The van der Waals surface area contributed by atoms with E-state index in [0.717, 1.165) is 53.4 Å². The zero-order chi connectivity index (χ0) is 23.9. The molecule has 1 aliphatic heterocycles. The summed E-state index contributed by atoms with van der Waals surface area (Å²) in [6, 6.07) is 16.3. The van der Waals surface area contributed by atoms with Gasteiger partial charge < -0.3 is 9.88 Å². The van der Waals surface area contributed by atoms with Crippen molar-refractivity contribution in [2.45, 2.75) is 83.8 Å². The monoisotopic (exact) mass is 457 g/mol. The quantitative estimate of drug-likeness (QED) is 0.532. The van der Waals surface area contributed by atoms with Crippen LogP contribution in [0.5, 0.6) is 0 Å². The van der Waals surface area contributed by atoms with Crippen LogP contribution in [-0.4, -0.2) is 28.0 Å². The van der Waals surface area contributed by atoms with Crippen molar-refractivity contribution in [3.05, 3.63) is 65.4 Å². The van der Waals surface area contributed by atoms with Crippen molar-refractivity contribution < 1.29 is 9.59 Å². The molecule has 1 aromatic heterocycles. The van der Waals surface area contributed by atoms with Crippen LogP contribution in [0.15, 0.2) is 48.5 Å². The van der Waals surface area contributed by atoms with Crippen LogP contribution in [0.2, 0.25) is 0 Å². The van der Waals surface area contributed by atoms with E-state index in [1.165, 1.54) is 19.3 Å². The fraction of sp³-hybridized carbons (Fsp3) is 0.448. The maximum atomic E-state index is 14.1. The largest absolute Gasteiger partial charge is 0.351 e. The van der Waals surface area contributed by atoms with Crippen molar-refractivity contribution in [1.82, 2.24) is 9.88 Å². The number of fused-ring (bicyclic) bond motifs is 3. The van der Waals surface area contributed by atoms with Gasteiger partial charge in [-0.15, -0.1) is 0 Å². The smallest absolute Gasteiger partial charge is 0.275 e. The summed E-state index contributed by atoms with van der Waals surface area (Å²) in [5.74, 6) is -0.178. The summed E-state index contributed by atoms with van der Waals surface area (Å²) in [4.78, 5) is 29.9. The molecule has 1 aliphatic carbocycles. The first-order chi connectivity index (χ1) is 16.4. The summed E-state index contributed by atoms with van der Waals surface area (Å²) < 4.78 is 2.04. The highest BCUT2D eigenvalue weighted by Crippen LogP contribution is 2.38. The van der Waals surface area contributed by atoms with Gasteiger partial charge in [0.25, 0.3) is 5.91 Å². The molecule has 5 rings (SSSR count). The third kappa shape index (κ3) is 3.91. The number of hydrogen-bond donors (Lipinski definition) is 1. The van der Waals surface area contributed by atoms with Gasteiger partial charge in [0.05, 0.1) is 6.54 Å². The van der Waals surface area contributed by atoms with Gasteiger partial charge in [-0.25, -0.2) is 0 Å². The minimum Gasteiger partial charge on any atom is -0.351 e. The molecule has 0 saturated heterocycles. The predicted octanol–water partition coefficient (Wildman–Crippen LogP) is 5.91. The molecular weight excluding hydrogens is 422 g/mol. The number of benzene rings is 2. The maximum absolute atomic E-state index is 14.1. The Kier molecular flexibility index (Phi) is 5.97. The summed E-state index contributed by atoms with van der Waals surface area (Å²) >= 11 is 0. The predicted molar refractivity (Wildman–Crippen MR) is 137 cm³/mol. The van der Waals surface area contributed by atoms with Crippen LogP contribution in [0.1, 0.15) is 73.5 Å². The minimum absolute atomic E-state index is 0.0595. The molecule has 2 aromatic carbocycles. The van der Waals surface area contributed by atoms with E-state index in [-0.39, 0.29) is 17.9 Å². The fourth-order valence-electron chi connectivity index (χ4n) is 5.73. The zero-order valence-corrected chi connectivity index (χ0v) is 20.6. The van der Waals surface area contributed by atoms with Crippen molar-refractivity contribution in [3.8, 4) is 0 Å². The first kappa shape index (κ1) is 22.7. The summed E-state index contributed by atoms with van der Waals surface area (Å²) in [5.41, 5.74) is 3.48. The molecule has 1 atom stereocenters. The Morgan fingerprint density at radius 2 is 1.68 bits per heavy atom. The highest BCUT2D eigenvalue weighted by Gasteiger charge is 2.49. The number of anilines is 1.